The molecule has 0 saturated carbocycles. The third kappa shape index (κ3) is 5.59. The minimum atomic E-state index is -0.455. The van der Waals surface area contributed by atoms with Crippen molar-refractivity contribution in [2.24, 2.45) is 0 Å². The molecule has 0 saturated heterocycles. The number of carbonyl (C=O) groups is 1. The van der Waals surface area contributed by atoms with E-state index < -0.39 is 5.56 Å². The van der Waals surface area contributed by atoms with Crippen LogP contribution in [0.1, 0.15) is 10.4 Å². The predicted octanol–water partition coefficient (Wildman–Crippen LogP) is 4.05. The van der Waals surface area contributed by atoms with Gasteiger partial charge in [0.1, 0.15) is 7.11 Å². The molecule has 0 bridgehead atoms. The van der Waals surface area contributed by atoms with Crippen molar-refractivity contribution < 1.29 is 9.63 Å². The average Bonchev–Trinajstić information content (AvgIpc) is 2.85. The van der Waals surface area contributed by atoms with E-state index >= 15 is 0 Å². The summed E-state index contributed by atoms with van der Waals surface area (Å²) < 4.78 is 1.09. The maximum Gasteiger partial charge on any atom is 0.293 e. The molecule has 0 spiro atoms. The largest absolute Gasteiger partial charge is 0.412 e. The van der Waals surface area contributed by atoms with E-state index in [-0.39, 0.29) is 11.5 Å². The van der Waals surface area contributed by atoms with Crippen molar-refractivity contribution >= 4 is 51.8 Å². The molecule has 2 N–H and O–H groups in total. The number of halogens is 2. The minimum Gasteiger partial charge on any atom is -0.412 e. The lowest BCUT2D eigenvalue weighted by Crippen LogP contribution is -2.28. The van der Waals surface area contributed by atoms with Gasteiger partial charge in [-0.25, -0.2) is 4.98 Å². The van der Waals surface area contributed by atoms with Crippen LogP contribution in [0, 0.1) is 0 Å². The first-order valence-electron chi connectivity index (χ1n) is 11.0. The number of pyridine rings is 1. The average molecular weight is 527 g/mol. The Hall–Kier alpha value is -3.66. The van der Waals surface area contributed by atoms with Crippen LogP contribution < -0.4 is 21.0 Å². The lowest BCUT2D eigenvalue weighted by Gasteiger charge is -2.14. The number of likely N-dealkylation sites (N-methyl/N-ethyl adjacent to an activating group) is 1. The molecule has 36 heavy (non-hydrogen) atoms. The molecule has 2 aromatic carbocycles. The first-order chi connectivity index (χ1) is 17.3. The van der Waals surface area contributed by atoms with E-state index in [1.54, 1.807) is 54.7 Å². The van der Waals surface area contributed by atoms with Gasteiger partial charge in [0.05, 0.1) is 5.56 Å². The summed E-state index contributed by atoms with van der Waals surface area (Å²) in [7, 11) is 5.32. The standard InChI is InChI=1S/C25H24Cl2N6O3/c1-32(2)10-9-28-25-29-14-16-12-20(24(35)33(36-3)22(16)31-25)19-13-18(7-8-21(19)27)30-23(34)15-5-4-6-17(26)11-15/h4-8,11-14H,9-10H2,1-3H3,(H,30,34)(H,28,29,31). The monoisotopic (exact) mass is 526 g/mol. The molecule has 4 rings (SSSR count). The normalized spacial score (nSPS) is 11.1. The highest BCUT2D eigenvalue weighted by Gasteiger charge is 2.17. The van der Waals surface area contributed by atoms with E-state index in [0.717, 1.165) is 11.3 Å². The van der Waals surface area contributed by atoms with Crippen LogP contribution in [-0.4, -0.2) is 59.8 Å². The summed E-state index contributed by atoms with van der Waals surface area (Å²) in [5, 5.41) is 7.30. The third-order valence-corrected chi connectivity index (χ3v) is 5.89. The number of anilines is 2. The van der Waals surface area contributed by atoms with Gasteiger partial charge in [0.15, 0.2) is 5.65 Å². The SMILES string of the molecule is COn1c(=O)c(-c2cc(NC(=O)c3cccc(Cl)c3)ccc2Cl)cc2cnc(NCCN(C)C)nc21. The number of fused-ring (bicyclic) bond motifs is 1. The fraction of sp³-hybridized carbons (Fsp3) is 0.200. The Morgan fingerprint density at radius 1 is 1.11 bits per heavy atom. The number of hydrogen-bond acceptors (Lipinski definition) is 7. The van der Waals surface area contributed by atoms with Gasteiger partial charge in [-0.05, 0) is 56.6 Å². The maximum absolute atomic E-state index is 13.4. The molecule has 2 heterocycles. The lowest BCUT2D eigenvalue weighted by atomic mass is 10.1. The number of nitrogens with zero attached hydrogens (tertiary/aromatic N) is 4. The molecule has 0 radical (unpaired) electrons. The molecule has 2 aromatic heterocycles. The van der Waals surface area contributed by atoms with Crippen LogP contribution in [0.3, 0.4) is 0 Å². The molecule has 0 unspecified atom stereocenters. The minimum absolute atomic E-state index is 0.269. The van der Waals surface area contributed by atoms with E-state index in [1.165, 1.54) is 7.11 Å². The Morgan fingerprint density at radius 3 is 2.64 bits per heavy atom. The number of amides is 1. The molecule has 11 heteroatoms. The van der Waals surface area contributed by atoms with Crippen LogP contribution in [0.2, 0.25) is 10.0 Å². The molecule has 0 aliphatic carbocycles. The molecule has 0 aliphatic rings. The molecular formula is C25H24Cl2N6O3. The fourth-order valence-corrected chi connectivity index (χ4v) is 3.96. The highest BCUT2D eigenvalue weighted by atomic mass is 35.5. The Kier molecular flexibility index (Phi) is 7.73. The quantitative estimate of drug-likeness (QED) is 0.357. The molecule has 9 nitrogen and oxygen atoms in total. The molecule has 0 fully saturated rings. The van der Waals surface area contributed by atoms with Gasteiger partial charge < -0.3 is 20.4 Å². The summed E-state index contributed by atoms with van der Waals surface area (Å²) in [6.07, 6.45) is 1.61. The number of nitrogens with one attached hydrogen (secondary N) is 2. The van der Waals surface area contributed by atoms with Crippen molar-refractivity contribution in [3.63, 3.8) is 0 Å². The number of carbonyl (C=O) groups excluding carboxylic acids is 1. The summed E-state index contributed by atoms with van der Waals surface area (Å²) in [5.41, 5.74) is 1.41. The van der Waals surface area contributed by atoms with E-state index in [9.17, 15) is 9.59 Å². The van der Waals surface area contributed by atoms with Crippen LogP contribution in [0.25, 0.3) is 22.2 Å². The van der Waals surface area contributed by atoms with E-state index in [2.05, 4.69) is 20.6 Å². The van der Waals surface area contributed by atoms with Gasteiger partial charge in [-0.2, -0.15) is 4.98 Å². The highest BCUT2D eigenvalue weighted by Crippen LogP contribution is 2.30. The Morgan fingerprint density at radius 2 is 1.92 bits per heavy atom. The topological polar surface area (TPSA) is 101 Å². The number of rotatable bonds is 8. The van der Waals surface area contributed by atoms with Gasteiger partial charge in [-0.3, -0.25) is 9.59 Å². The van der Waals surface area contributed by atoms with Crippen molar-refractivity contribution in [2.75, 3.05) is 44.9 Å². The smallest absolute Gasteiger partial charge is 0.293 e. The summed E-state index contributed by atoms with van der Waals surface area (Å²) >= 11 is 12.5. The molecule has 0 aliphatic heterocycles. The summed E-state index contributed by atoms with van der Waals surface area (Å²) in [6, 6.07) is 13.1. The van der Waals surface area contributed by atoms with Crippen molar-refractivity contribution in [1.82, 2.24) is 19.6 Å². The second-order valence-corrected chi connectivity index (χ2v) is 9.05. The second-order valence-electron chi connectivity index (χ2n) is 8.20. The van der Waals surface area contributed by atoms with Crippen LogP contribution in [-0.2, 0) is 0 Å². The maximum atomic E-state index is 13.4. The number of benzene rings is 2. The van der Waals surface area contributed by atoms with E-state index in [0.29, 0.717) is 50.4 Å². The fourth-order valence-electron chi connectivity index (χ4n) is 3.55. The zero-order chi connectivity index (χ0) is 25.8. The van der Waals surface area contributed by atoms with Crippen LogP contribution in [0.4, 0.5) is 11.6 Å². The molecule has 1 amide bonds. The van der Waals surface area contributed by atoms with Gasteiger partial charge in [0, 0.05) is 51.5 Å². The Balaban J connectivity index is 1.70. The van der Waals surface area contributed by atoms with Gasteiger partial charge in [-0.1, -0.05) is 29.3 Å². The number of hydrogen-bond donors (Lipinski definition) is 2. The number of aromatic nitrogens is 3. The van der Waals surface area contributed by atoms with Gasteiger partial charge in [-0.15, -0.1) is 4.73 Å². The van der Waals surface area contributed by atoms with Crippen molar-refractivity contribution in [3.05, 3.63) is 80.7 Å². The zero-order valence-electron chi connectivity index (χ0n) is 19.9. The molecule has 4 aromatic rings. The summed E-state index contributed by atoms with van der Waals surface area (Å²) in [6.45, 7) is 1.43. The van der Waals surface area contributed by atoms with Crippen molar-refractivity contribution in [2.45, 2.75) is 0 Å². The van der Waals surface area contributed by atoms with Gasteiger partial charge >= 0.3 is 0 Å². The molecular weight excluding hydrogens is 503 g/mol. The van der Waals surface area contributed by atoms with Crippen LogP contribution >= 0.6 is 23.2 Å². The first-order valence-corrected chi connectivity index (χ1v) is 11.7. The van der Waals surface area contributed by atoms with E-state index in [1.807, 2.05) is 19.0 Å². The van der Waals surface area contributed by atoms with E-state index in [4.69, 9.17) is 28.0 Å². The zero-order valence-corrected chi connectivity index (χ0v) is 21.4. The predicted molar refractivity (Wildman–Crippen MR) is 143 cm³/mol. The molecule has 186 valence electrons. The van der Waals surface area contributed by atoms with Crippen molar-refractivity contribution in [3.8, 4) is 11.1 Å². The van der Waals surface area contributed by atoms with Gasteiger partial charge in [0.2, 0.25) is 5.95 Å². The van der Waals surface area contributed by atoms with Crippen LogP contribution in [0.15, 0.2) is 59.5 Å². The third-order valence-electron chi connectivity index (χ3n) is 5.33. The first kappa shape index (κ1) is 25.4. The summed E-state index contributed by atoms with van der Waals surface area (Å²) in [5.74, 6) is 0.0346. The van der Waals surface area contributed by atoms with Gasteiger partial charge in [0.25, 0.3) is 11.5 Å². The molecule has 0 atom stereocenters. The second kappa shape index (κ2) is 10.9. The Labute approximate surface area is 217 Å². The van der Waals surface area contributed by atoms with Crippen LogP contribution in [0.5, 0.6) is 0 Å². The summed E-state index contributed by atoms with van der Waals surface area (Å²) in [4.78, 5) is 42.2. The van der Waals surface area contributed by atoms with Crippen molar-refractivity contribution in [1.29, 1.82) is 0 Å². The lowest BCUT2D eigenvalue weighted by molar-refractivity contribution is 0.102. The highest BCUT2D eigenvalue weighted by molar-refractivity contribution is 6.33. The Bertz CT molecular complexity index is 1490.